The van der Waals surface area contributed by atoms with Crippen LogP contribution in [0.3, 0.4) is 0 Å². The van der Waals surface area contributed by atoms with E-state index in [-0.39, 0.29) is 5.78 Å². The van der Waals surface area contributed by atoms with E-state index in [1.165, 1.54) is 0 Å². The molecule has 0 fully saturated rings. The van der Waals surface area contributed by atoms with Gasteiger partial charge < -0.3 is 0 Å². The molecule has 5 rings (SSSR count). The Kier molecular flexibility index (Phi) is 4.91. The number of carbonyl (C=O) groups excluding carboxylic acids is 1. The van der Waals surface area contributed by atoms with Crippen molar-refractivity contribution in [2.24, 2.45) is 15.3 Å². The molecule has 1 N–H and O–H groups in total. The van der Waals surface area contributed by atoms with E-state index in [2.05, 4.69) is 20.8 Å². The van der Waals surface area contributed by atoms with Crippen molar-refractivity contribution in [3.05, 3.63) is 108 Å². The smallest absolute Gasteiger partial charge is 0.206 e. The number of hydrazone groups is 1. The summed E-state index contributed by atoms with van der Waals surface area (Å²) in [7, 11) is 0. The zero-order chi connectivity index (χ0) is 21.0. The van der Waals surface area contributed by atoms with Crippen LogP contribution < -0.4 is 5.43 Å². The number of hydrogen-bond acceptors (Lipinski definition) is 5. The van der Waals surface area contributed by atoms with E-state index < -0.39 is 0 Å². The second kappa shape index (κ2) is 8.16. The summed E-state index contributed by atoms with van der Waals surface area (Å²) in [5.41, 5.74) is 7.64. The topological polar surface area (TPSA) is 66.2 Å². The van der Waals surface area contributed by atoms with Crippen LogP contribution in [0.15, 0.2) is 112 Å². The number of allylic oxidation sites excluding steroid dienone is 1. The van der Waals surface area contributed by atoms with Gasteiger partial charge in [0.1, 0.15) is 5.71 Å². The summed E-state index contributed by atoms with van der Waals surface area (Å²) in [6.45, 7) is 0. The molecule has 0 aromatic heterocycles. The van der Waals surface area contributed by atoms with Crippen molar-refractivity contribution in [2.75, 3.05) is 5.43 Å². The van der Waals surface area contributed by atoms with Gasteiger partial charge in [0.15, 0.2) is 0 Å². The molecule has 0 atom stereocenters. The summed E-state index contributed by atoms with van der Waals surface area (Å²) >= 11 is 0. The second-order valence-electron chi connectivity index (χ2n) is 7.07. The molecule has 0 spiro atoms. The van der Waals surface area contributed by atoms with Crippen LogP contribution in [0.1, 0.15) is 11.1 Å². The monoisotopic (exact) mass is 402 g/mol. The van der Waals surface area contributed by atoms with Gasteiger partial charge in [0.05, 0.1) is 17.1 Å². The number of nitrogens with one attached hydrogen (secondary N) is 1. The number of carbonyl (C=O) groups is 1. The number of anilines is 1. The lowest BCUT2D eigenvalue weighted by Gasteiger charge is -2.13. The van der Waals surface area contributed by atoms with Crippen molar-refractivity contribution in [3.8, 4) is 0 Å². The molecule has 4 aromatic carbocycles. The molecule has 4 aromatic rings. The van der Waals surface area contributed by atoms with Gasteiger partial charge in [-0.05, 0) is 35.9 Å². The minimum atomic E-state index is -0.121. The van der Waals surface area contributed by atoms with Crippen LogP contribution in [-0.2, 0) is 4.79 Å². The lowest BCUT2D eigenvalue weighted by Crippen LogP contribution is -2.19. The molecular weight excluding hydrogens is 384 g/mol. The van der Waals surface area contributed by atoms with Crippen molar-refractivity contribution in [3.63, 3.8) is 0 Å². The SMILES string of the molecule is O=C1C=Cc2ccccc2/C1=N\Nc1ccc(/N=N/c2ccccc2)c2ccccc12. The molecule has 1 aliphatic rings. The van der Waals surface area contributed by atoms with E-state index >= 15 is 0 Å². The van der Waals surface area contributed by atoms with Crippen LogP contribution in [-0.4, -0.2) is 11.5 Å². The number of rotatable bonds is 4. The Morgan fingerprint density at radius 2 is 1.39 bits per heavy atom. The maximum Gasteiger partial charge on any atom is 0.206 e. The maximum atomic E-state index is 12.4. The highest BCUT2D eigenvalue weighted by molar-refractivity contribution is 6.52. The van der Waals surface area contributed by atoms with Crippen LogP contribution >= 0.6 is 0 Å². The molecule has 0 saturated heterocycles. The lowest BCUT2D eigenvalue weighted by molar-refractivity contribution is -0.108. The van der Waals surface area contributed by atoms with Gasteiger partial charge in [0.25, 0.3) is 0 Å². The molecule has 0 amide bonds. The van der Waals surface area contributed by atoms with Gasteiger partial charge >= 0.3 is 0 Å². The second-order valence-corrected chi connectivity index (χ2v) is 7.07. The van der Waals surface area contributed by atoms with Gasteiger partial charge in [-0.1, -0.05) is 72.8 Å². The first-order valence-electron chi connectivity index (χ1n) is 9.94. The molecule has 1 aliphatic carbocycles. The predicted octanol–water partition coefficient (Wildman–Crippen LogP) is 6.67. The zero-order valence-electron chi connectivity index (χ0n) is 16.6. The van der Waals surface area contributed by atoms with Crippen molar-refractivity contribution < 1.29 is 4.79 Å². The van der Waals surface area contributed by atoms with Gasteiger partial charge in [-0.25, -0.2) is 0 Å². The van der Waals surface area contributed by atoms with E-state index in [4.69, 9.17) is 0 Å². The Morgan fingerprint density at radius 3 is 2.26 bits per heavy atom. The van der Waals surface area contributed by atoms with Gasteiger partial charge in [-0.15, -0.1) is 5.11 Å². The van der Waals surface area contributed by atoms with Crippen molar-refractivity contribution >= 4 is 45.4 Å². The summed E-state index contributed by atoms with van der Waals surface area (Å²) in [4.78, 5) is 12.4. The molecule has 0 aliphatic heterocycles. The third-order valence-corrected chi connectivity index (χ3v) is 5.08. The summed E-state index contributed by atoms with van der Waals surface area (Å²) < 4.78 is 0. The zero-order valence-corrected chi connectivity index (χ0v) is 16.6. The predicted molar refractivity (Wildman–Crippen MR) is 125 cm³/mol. The lowest BCUT2D eigenvalue weighted by atomic mass is 9.95. The van der Waals surface area contributed by atoms with Gasteiger partial charge in [0, 0.05) is 16.3 Å². The van der Waals surface area contributed by atoms with Crippen molar-refractivity contribution in [1.29, 1.82) is 0 Å². The normalized spacial score (nSPS) is 14.3. The van der Waals surface area contributed by atoms with Crippen LogP contribution in [0.5, 0.6) is 0 Å². The first-order valence-corrected chi connectivity index (χ1v) is 9.94. The van der Waals surface area contributed by atoms with E-state index in [0.29, 0.717) is 5.71 Å². The number of azo groups is 1. The Bertz CT molecular complexity index is 1370. The molecule has 0 heterocycles. The van der Waals surface area contributed by atoms with Gasteiger partial charge in [0.2, 0.25) is 5.78 Å². The standard InChI is InChI=1S/C26H18N4O/c31-25-17-14-18-8-4-5-11-20(18)26(25)30-29-24-16-15-23(21-12-6-7-13-22(21)24)28-27-19-9-2-1-3-10-19/h1-17,29H/b28-27+,30-26+. The Labute approximate surface area is 179 Å². The summed E-state index contributed by atoms with van der Waals surface area (Å²) in [5.74, 6) is -0.121. The maximum absolute atomic E-state index is 12.4. The molecular formula is C26H18N4O. The van der Waals surface area contributed by atoms with Crippen LogP contribution in [0.25, 0.3) is 16.8 Å². The molecule has 0 saturated carbocycles. The van der Waals surface area contributed by atoms with Crippen LogP contribution in [0.2, 0.25) is 0 Å². The van der Waals surface area contributed by atoms with Gasteiger partial charge in [-0.3, -0.25) is 10.2 Å². The minimum Gasteiger partial charge on any atom is -0.287 e. The average Bonchev–Trinajstić information content (AvgIpc) is 2.83. The Morgan fingerprint density at radius 1 is 0.645 bits per heavy atom. The van der Waals surface area contributed by atoms with E-state index in [9.17, 15) is 4.79 Å². The fraction of sp³-hybridized carbons (Fsp3) is 0. The minimum absolute atomic E-state index is 0.121. The molecule has 0 bridgehead atoms. The van der Waals surface area contributed by atoms with E-state index in [1.807, 2.05) is 97.1 Å². The number of ketones is 1. The number of nitrogens with zero attached hydrogens (tertiary/aromatic N) is 3. The molecule has 0 unspecified atom stereocenters. The summed E-state index contributed by atoms with van der Waals surface area (Å²) in [5, 5.41) is 15.1. The quantitative estimate of drug-likeness (QED) is 0.306. The molecule has 5 heteroatoms. The van der Waals surface area contributed by atoms with Crippen molar-refractivity contribution in [2.45, 2.75) is 0 Å². The Balaban J connectivity index is 1.51. The number of hydrogen-bond donors (Lipinski definition) is 1. The highest BCUT2D eigenvalue weighted by Crippen LogP contribution is 2.33. The fourth-order valence-electron chi connectivity index (χ4n) is 3.54. The van der Waals surface area contributed by atoms with Crippen LogP contribution in [0.4, 0.5) is 17.1 Å². The highest BCUT2D eigenvalue weighted by Gasteiger charge is 2.18. The molecule has 0 radical (unpaired) electrons. The molecule has 5 nitrogen and oxygen atoms in total. The number of benzene rings is 4. The molecule has 31 heavy (non-hydrogen) atoms. The van der Waals surface area contributed by atoms with Crippen LogP contribution in [0, 0.1) is 0 Å². The summed E-state index contributed by atoms with van der Waals surface area (Å²) in [6, 6.07) is 29.1. The van der Waals surface area contributed by atoms with Gasteiger partial charge in [-0.2, -0.15) is 10.2 Å². The third-order valence-electron chi connectivity index (χ3n) is 5.08. The Hall–Kier alpha value is -4.38. The fourth-order valence-corrected chi connectivity index (χ4v) is 3.54. The third kappa shape index (κ3) is 3.76. The largest absolute Gasteiger partial charge is 0.287 e. The number of fused-ring (bicyclic) bond motifs is 2. The average molecular weight is 402 g/mol. The first-order chi connectivity index (χ1) is 15.3. The first kappa shape index (κ1) is 18.6. The van der Waals surface area contributed by atoms with Crippen molar-refractivity contribution in [1.82, 2.24) is 0 Å². The van der Waals surface area contributed by atoms with E-state index in [0.717, 1.165) is 39.0 Å². The summed E-state index contributed by atoms with van der Waals surface area (Å²) in [6.07, 6.45) is 3.37. The van der Waals surface area contributed by atoms with E-state index in [1.54, 1.807) is 6.08 Å². The molecule has 148 valence electrons. The highest BCUT2D eigenvalue weighted by atomic mass is 16.1.